The number of rotatable bonds is 7. The molecule has 10 heteroatoms. The fourth-order valence-corrected chi connectivity index (χ4v) is 3.42. The van der Waals surface area contributed by atoms with Gasteiger partial charge in [0.15, 0.2) is 0 Å². The Morgan fingerprint density at radius 2 is 1.86 bits per heavy atom. The van der Waals surface area contributed by atoms with Gasteiger partial charge in [-0.25, -0.2) is 13.8 Å². The first kappa shape index (κ1) is 21.2. The molecule has 0 aliphatic carbocycles. The molecular weight excluding hydrogens is 384 g/mol. The third-order valence-electron chi connectivity index (χ3n) is 3.93. The fraction of sp³-hybridized carbons (Fsp3) is 0.222. The van der Waals surface area contributed by atoms with Crippen molar-refractivity contribution in [1.82, 2.24) is 9.73 Å². The van der Waals surface area contributed by atoms with Gasteiger partial charge in [-0.2, -0.15) is 9.41 Å². The zero-order valence-corrected chi connectivity index (χ0v) is 16.4. The van der Waals surface area contributed by atoms with E-state index in [4.69, 9.17) is 0 Å². The van der Waals surface area contributed by atoms with E-state index in [1.165, 1.54) is 31.5 Å². The van der Waals surface area contributed by atoms with Crippen LogP contribution in [0.2, 0.25) is 0 Å². The van der Waals surface area contributed by atoms with Gasteiger partial charge in [-0.15, -0.1) is 0 Å². The van der Waals surface area contributed by atoms with Crippen LogP contribution in [0, 0.1) is 24.0 Å². The highest BCUT2D eigenvalue weighted by molar-refractivity contribution is 7.89. The molecule has 1 amide bonds. The lowest BCUT2D eigenvalue weighted by Crippen LogP contribution is -2.36. The normalized spacial score (nSPS) is 11.7. The number of nitrogens with one attached hydrogen (secondary N) is 1. The van der Waals surface area contributed by atoms with Crippen LogP contribution in [0.15, 0.2) is 52.5 Å². The zero-order chi connectivity index (χ0) is 20.9. The van der Waals surface area contributed by atoms with Crippen molar-refractivity contribution >= 4 is 27.8 Å². The maximum Gasteiger partial charge on any atom is 0.272 e. The van der Waals surface area contributed by atoms with E-state index in [1.807, 2.05) is 6.92 Å². The van der Waals surface area contributed by atoms with Crippen molar-refractivity contribution in [2.24, 2.45) is 5.10 Å². The number of benzene rings is 2. The van der Waals surface area contributed by atoms with Crippen molar-refractivity contribution in [3.05, 3.63) is 69.3 Å². The highest BCUT2D eigenvalue weighted by Crippen LogP contribution is 2.18. The topological polar surface area (TPSA) is 122 Å². The van der Waals surface area contributed by atoms with E-state index in [9.17, 15) is 23.3 Å². The molecule has 0 saturated carbocycles. The Balaban J connectivity index is 2.00. The molecule has 0 saturated heterocycles. The van der Waals surface area contributed by atoms with Crippen LogP contribution in [-0.2, 0) is 14.8 Å². The maximum absolute atomic E-state index is 12.5. The van der Waals surface area contributed by atoms with E-state index < -0.39 is 27.4 Å². The lowest BCUT2D eigenvalue weighted by molar-refractivity contribution is -0.385. The van der Waals surface area contributed by atoms with Crippen LogP contribution in [0.25, 0.3) is 0 Å². The van der Waals surface area contributed by atoms with E-state index >= 15 is 0 Å². The number of hydrogen-bond donors (Lipinski definition) is 1. The number of amides is 1. The quantitative estimate of drug-likeness (QED) is 0.429. The molecule has 2 aromatic carbocycles. The summed E-state index contributed by atoms with van der Waals surface area (Å²) in [6.07, 6.45) is 1.25. The summed E-state index contributed by atoms with van der Waals surface area (Å²) in [6, 6.07) is 10.8. The Morgan fingerprint density at radius 1 is 1.21 bits per heavy atom. The van der Waals surface area contributed by atoms with Gasteiger partial charge in [-0.1, -0.05) is 29.8 Å². The van der Waals surface area contributed by atoms with Crippen molar-refractivity contribution in [2.75, 3.05) is 13.6 Å². The first-order valence-corrected chi connectivity index (χ1v) is 9.65. The molecule has 1 N–H and O–H groups in total. The monoisotopic (exact) mass is 404 g/mol. The molecule has 28 heavy (non-hydrogen) atoms. The highest BCUT2D eigenvalue weighted by Gasteiger charge is 2.22. The smallest absolute Gasteiger partial charge is 0.272 e. The number of likely N-dealkylation sites (N-methyl/N-ethyl adjacent to an activating group) is 1. The minimum Gasteiger partial charge on any atom is -0.272 e. The SMILES string of the molecule is Cc1ccc(S(=O)(=O)N(C)CC(=O)N/N=C\c2ccc(C)c([N+](=O)[O-])c2)cc1. The van der Waals surface area contributed by atoms with Crippen LogP contribution in [0.5, 0.6) is 0 Å². The van der Waals surface area contributed by atoms with E-state index in [-0.39, 0.29) is 10.6 Å². The zero-order valence-electron chi connectivity index (χ0n) is 15.6. The molecule has 2 rings (SSSR count). The molecule has 2 aromatic rings. The number of aryl methyl sites for hydroxylation is 2. The molecular formula is C18H20N4O5S. The molecule has 148 valence electrons. The lowest BCUT2D eigenvalue weighted by Gasteiger charge is -2.16. The van der Waals surface area contributed by atoms with Gasteiger partial charge in [0.1, 0.15) is 0 Å². The number of nitrogens with zero attached hydrogens (tertiary/aromatic N) is 3. The van der Waals surface area contributed by atoms with Gasteiger partial charge >= 0.3 is 0 Å². The molecule has 0 radical (unpaired) electrons. The molecule has 0 aromatic heterocycles. The van der Waals surface area contributed by atoms with Crippen LogP contribution in [0.1, 0.15) is 16.7 Å². The average molecular weight is 404 g/mol. The first-order valence-electron chi connectivity index (χ1n) is 8.21. The second-order valence-electron chi connectivity index (χ2n) is 6.17. The van der Waals surface area contributed by atoms with Gasteiger partial charge in [0.05, 0.1) is 22.6 Å². The Labute approximate surface area is 162 Å². The predicted octanol–water partition coefficient (Wildman–Crippen LogP) is 1.98. The largest absolute Gasteiger partial charge is 0.272 e. The van der Waals surface area contributed by atoms with Gasteiger partial charge < -0.3 is 0 Å². The van der Waals surface area contributed by atoms with Gasteiger partial charge in [-0.3, -0.25) is 14.9 Å². The third-order valence-corrected chi connectivity index (χ3v) is 5.75. The van der Waals surface area contributed by atoms with E-state index in [1.54, 1.807) is 31.2 Å². The molecule has 0 bridgehead atoms. The number of nitro groups is 1. The fourth-order valence-electron chi connectivity index (χ4n) is 2.29. The number of hydrazone groups is 1. The number of carbonyl (C=O) groups excluding carboxylic acids is 1. The van der Waals surface area contributed by atoms with E-state index in [0.717, 1.165) is 9.87 Å². The summed E-state index contributed by atoms with van der Waals surface area (Å²) >= 11 is 0. The lowest BCUT2D eigenvalue weighted by atomic mass is 10.1. The Hall–Kier alpha value is -3.11. The minimum absolute atomic E-state index is 0.0563. The molecule has 0 spiro atoms. The average Bonchev–Trinajstić information content (AvgIpc) is 2.63. The van der Waals surface area contributed by atoms with Gasteiger partial charge in [-0.05, 0) is 26.0 Å². The Morgan fingerprint density at radius 3 is 2.46 bits per heavy atom. The summed E-state index contributed by atoms with van der Waals surface area (Å²) in [5, 5.41) is 14.7. The van der Waals surface area contributed by atoms with Crippen molar-refractivity contribution in [3.63, 3.8) is 0 Å². The molecule has 0 aliphatic rings. The van der Waals surface area contributed by atoms with Crippen molar-refractivity contribution in [1.29, 1.82) is 0 Å². The van der Waals surface area contributed by atoms with Crippen molar-refractivity contribution in [2.45, 2.75) is 18.7 Å². The number of carbonyl (C=O) groups is 1. The number of hydrogen-bond acceptors (Lipinski definition) is 6. The first-order chi connectivity index (χ1) is 13.1. The van der Waals surface area contributed by atoms with Crippen LogP contribution in [0.3, 0.4) is 0 Å². The molecule has 0 aliphatic heterocycles. The van der Waals surface area contributed by atoms with Gasteiger partial charge in [0.2, 0.25) is 10.0 Å². The standard InChI is InChI=1S/C18H20N4O5S/c1-13-4-8-16(9-5-13)28(26,27)21(3)12-18(23)20-19-11-15-7-6-14(2)17(10-15)22(24)25/h4-11H,12H2,1-3H3,(H,20,23)/b19-11-. The molecule has 0 atom stereocenters. The second-order valence-corrected chi connectivity index (χ2v) is 8.22. The third kappa shape index (κ3) is 5.21. The molecule has 0 unspecified atom stereocenters. The molecule has 9 nitrogen and oxygen atoms in total. The summed E-state index contributed by atoms with van der Waals surface area (Å²) in [5.74, 6) is -0.643. The predicted molar refractivity (Wildman–Crippen MR) is 105 cm³/mol. The minimum atomic E-state index is -3.80. The molecule has 0 heterocycles. The number of nitro benzene ring substituents is 1. The molecule has 0 fully saturated rings. The van der Waals surface area contributed by atoms with Crippen LogP contribution in [-0.4, -0.2) is 43.4 Å². The number of sulfonamides is 1. The Bertz CT molecular complexity index is 1020. The van der Waals surface area contributed by atoms with Crippen LogP contribution >= 0.6 is 0 Å². The van der Waals surface area contributed by atoms with Crippen molar-refractivity contribution in [3.8, 4) is 0 Å². The van der Waals surface area contributed by atoms with Crippen molar-refractivity contribution < 1.29 is 18.1 Å². The second kappa shape index (κ2) is 8.72. The van der Waals surface area contributed by atoms with Gasteiger partial charge in [0, 0.05) is 24.2 Å². The van der Waals surface area contributed by atoms with Crippen LogP contribution in [0.4, 0.5) is 5.69 Å². The van der Waals surface area contributed by atoms with Gasteiger partial charge in [0.25, 0.3) is 11.6 Å². The maximum atomic E-state index is 12.5. The highest BCUT2D eigenvalue weighted by atomic mass is 32.2. The Kier molecular flexibility index (Phi) is 6.60. The summed E-state index contributed by atoms with van der Waals surface area (Å²) in [4.78, 5) is 22.5. The van der Waals surface area contributed by atoms with E-state index in [0.29, 0.717) is 11.1 Å². The summed E-state index contributed by atoms with van der Waals surface area (Å²) in [7, 11) is -2.51. The van der Waals surface area contributed by atoms with E-state index in [2.05, 4.69) is 10.5 Å². The summed E-state index contributed by atoms with van der Waals surface area (Å²) < 4.78 is 25.8. The van der Waals surface area contributed by atoms with Crippen LogP contribution < -0.4 is 5.43 Å². The summed E-state index contributed by atoms with van der Waals surface area (Å²) in [5.41, 5.74) is 4.01. The summed E-state index contributed by atoms with van der Waals surface area (Å²) in [6.45, 7) is 3.03.